The highest BCUT2D eigenvalue weighted by Gasteiger charge is 2.13. The van der Waals surface area contributed by atoms with E-state index >= 15 is 0 Å². The molecular formula is C14H17BrN2S. The maximum Gasteiger partial charge on any atom is 0.0975 e. The quantitative estimate of drug-likeness (QED) is 0.920. The van der Waals surface area contributed by atoms with Gasteiger partial charge in [0.15, 0.2) is 0 Å². The van der Waals surface area contributed by atoms with Gasteiger partial charge in [0, 0.05) is 22.3 Å². The molecule has 1 aromatic carbocycles. The van der Waals surface area contributed by atoms with Crippen molar-refractivity contribution in [3.63, 3.8) is 0 Å². The first-order valence-corrected chi connectivity index (χ1v) is 7.64. The zero-order valence-corrected chi connectivity index (χ0v) is 13.0. The summed E-state index contributed by atoms with van der Waals surface area (Å²) >= 11 is 5.31. The van der Waals surface area contributed by atoms with Gasteiger partial charge in [-0.15, -0.1) is 11.3 Å². The molecule has 2 nitrogen and oxygen atoms in total. The van der Waals surface area contributed by atoms with E-state index in [1.54, 1.807) is 11.3 Å². The van der Waals surface area contributed by atoms with Gasteiger partial charge in [-0.3, -0.25) is 0 Å². The van der Waals surface area contributed by atoms with Crippen LogP contribution >= 0.6 is 27.3 Å². The molecule has 0 fully saturated rings. The molecule has 2 aromatic rings. The Kier molecular flexibility index (Phi) is 4.54. The highest BCUT2D eigenvalue weighted by molar-refractivity contribution is 9.10. The van der Waals surface area contributed by atoms with Gasteiger partial charge < -0.3 is 5.73 Å². The van der Waals surface area contributed by atoms with E-state index in [0.29, 0.717) is 12.5 Å². The minimum atomic E-state index is 0.438. The monoisotopic (exact) mass is 324 g/mol. The first kappa shape index (κ1) is 13.7. The Bertz CT molecular complexity index is 534. The van der Waals surface area contributed by atoms with Crippen molar-refractivity contribution in [3.8, 4) is 0 Å². The van der Waals surface area contributed by atoms with Crippen LogP contribution in [0.5, 0.6) is 0 Å². The van der Waals surface area contributed by atoms with Gasteiger partial charge in [-0.25, -0.2) is 4.98 Å². The lowest BCUT2D eigenvalue weighted by Gasteiger charge is -2.02. The van der Waals surface area contributed by atoms with Gasteiger partial charge >= 0.3 is 0 Å². The third-order valence-corrected chi connectivity index (χ3v) is 4.67. The minimum Gasteiger partial charge on any atom is -0.326 e. The molecule has 2 N–H and O–H groups in total. The molecule has 0 amide bonds. The summed E-state index contributed by atoms with van der Waals surface area (Å²) in [6, 6.07) is 8.28. The van der Waals surface area contributed by atoms with Crippen molar-refractivity contribution >= 4 is 27.3 Å². The number of benzene rings is 1. The maximum absolute atomic E-state index is 5.79. The number of thiazole rings is 1. The summed E-state index contributed by atoms with van der Waals surface area (Å²) < 4.78 is 1.14. The molecule has 96 valence electrons. The van der Waals surface area contributed by atoms with Gasteiger partial charge in [-0.2, -0.15) is 0 Å². The second kappa shape index (κ2) is 5.95. The minimum absolute atomic E-state index is 0.438. The van der Waals surface area contributed by atoms with Gasteiger partial charge in [0.05, 0.1) is 10.7 Å². The Morgan fingerprint density at radius 3 is 2.61 bits per heavy atom. The SMILES string of the molecule is CC(C)c1nc(Cc2ccccc2Br)sc1CN. The number of rotatable bonds is 4. The highest BCUT2D eigenvalue weighted by atomic mass is 79.9. The van der Waals surface area contributed by atoms with Crippen molar-refractivity contribution in [2.24, 2.45) is 5.73 Å². The molecule has 0 aliphatic heterocycles. The van der Waals surface area contributed by atoms with E-state index in [1.165, 1.54) is 10.4 Å². The summed E-state index contributed by atoms with van der Waals surface area (Å²) in [6.07, 6.45) is 0.867. The van der Waals surface area contributed by atoms with Gasteiger partial charge in [-0.1, -0.05) is 48.0 Å². The maximum atomic E-state index is 5.79. The van der Waals surface area contributed by atoms with E-state index in [0.717, 1.165) is 21.6 Å². The van der Waals surface area contributed by atoms with Crippen LogP contribution < -0.4 is 5.73 Å². The topological polar surface area (TPSA) is 38.9 Å². The average molecular weight is 325 g/mol. The molecule has 0 unspecified atom stereocenters. The standard InChI is InChI=1S/C14H17BrN2S/c1-9(2)14-12(8-16)18-13(17-14)7-10-5-3-4-6-11(10)15/h3-6,9H,7-8,16H2,1-2H3. The summed E-state index contributed by atoms with van der Waals surface area (Å²) in [5.74, 6) is 0.438. The lowest BCUT2D eigenvalue weighted by molar-refractivity contribution is 0.806. The van der Waals surface area contributed by atoms with Crippen LogP contribution in [0, 0.1) is 0 Å². The molecule has 0 bridgehead atoms. The van der Waals surface area contributed by atoms with Crippen LogP contribution in [0.1, 0.15) is 40.9 Å². The Hall–Kier alpha value is -0.710. The smallest absolute Gasteiger partial charge is 0.0975 e. The van der Waals surface area contributed by atoms with Crippen LogP contribution in [-0.2, 0) is 13.0 Å². The Morgan fingerprint density at radius 2 is 2.06 bits per heavy atom. The molecular weight excluding hydrogens is 308 g/mol. The zero-order chi connectivity index (χ0) is 13.1. The number of halogens is 1. The molecule has 0 saturated heterocycles. The van der Waals surface area contributed by atoms with Crippen molar-refractivity contribution in [2.45, 2.75) is 32.7 Å². The number of hydrogen-bond acceptors (Lipinski definition) is 3. The number of aromatic nitrogens is 1. The van der Waals surface area contributed by atoms with Crippen LogP contribution in [0.3, 0.4) is 0 Å². The predicted molar refractivity (Wildman–Crippen MR) is 81.0 cm³/mol. The van der Waals surface area contributed by atoms with Gasteiger partial charge in [0.25, 0.3) is 0 Å². The van der Waals surface area contributed by atoms with Gasteiger partial charge in [0.2, 0.25) is 0 Å². The third-order valence-electron chi connectivity index (χ3n) is 2.80. The average Bonchev–Trinajstić information content (AvgIpc) is 2.75. The zero-order valence-electron chi connectivity index (χ0n) is 10.6. The first-order valence-electron chi connectivity index (χ1n) is 6.03. The van der Waals surface area contributed by atoms with E-state index in [1.807, 2.05) is 6.07 Å². The summed E-state index contributed by atoms with van der Waals surface area (Å²) in [4.78, 5) is 5.95. The van der Waals surface area contributed by atoms with Crippen LogP contribution in [0.4, 0.5) is 0 Å². The number of nitrogens with zero attached hydrogens (tertiary/aromatic N) is 1. The molecule has 1 aromatic heterocycles. The summed E-state index contributed by atoms with van der Waals surface area (Å²) in [5.41, 5.74) is 8.21. The van der Waals surface area contributed by atoms with E-state index in [4.69, 9.17) is 10.7 Å². The molecule has 0 aliphatic carbocycles. The normalized spacial score (nSPS) is 11.2. The lowest BCUT2D eigenvalue weighted by Crippen LogP contribution is -1.99. The molecule has 0 atom stereocenters. The molecule has 0 saturated carbocycles. The van der Waals surface area contributed by atoms with Crippen LogP contribution in [0.2, 0.25) is 0 Å². The fourth-order valence-electron chi connectivity index (χ4n) is 1.89. The highest BCUT2D eigenvalue weighted by Crippen LogP contribution is 2.28. The molecule has 4 heteroatoms. The summed E-state index contributed by atoms with van der Waals surface area (Å²) in [6.45, 7) is 4.91. The molecule has 1 heterocycles. The Labute approximate surface area is 120 Å². The van der Waals surface area contributed by atoms with Crippen molar-refractivity contribution in [2.75, 3.05) is 0 Å². The van der Waals surface area contributed by atoms with Crippen molar-refractivity contribution in [1.29, 1.82) is 0 Å². The fourth-order valence-corrected chi connectivity index (χ4v) is 3.44. The van der Waals surface area contributed by atoms with Crippen LogP contribution in [0.25, 0.3) is 0 Å². The van der Waals surface area contributed by atoms with Gasteiger partial charge in [0.1, 0.15) is 0 Å². The van der Waals surface area contributed by atoms with E-state index in [2.05, 4.69) is 48.0 Å². The van der Waals surface area contributed by atoms with Gasteiger partial charge in [-0.05, 0) is 17.5 Å². The summed E-state index contributed by atoms with van der Waals surface area (Å²) in [5, 5.41) is 1.14. The van der Waals surface area contributed by atoms with Crippen LogP contribution in [-0.4, -0.2) is 4.98 Å². The Morgan fingerprint density at radius 1 is 1.33 bits per heavy atom. The molecule has 0 spiro atoms. The fraction of sp³-hybridized carbons (Fsp3) is 0.357. The number of hydrogen-bond donors (Lipinski definition) is 1. The van der Waals surface area contributed by atoms with Crippen molar-refractivity contribution in [1.82, 2.24) is 4.98 Å². The Balaban J connectivity index is 2.28. The van der Waals surface area contributed by atoms with E-state index in [-0.39, 0.29) is 0 Å². The largest absolute Gasteiger partial charge is 0.326 e. The van der Waals surface area contributed by atoms with E-state index in [9.17, 15) is 0 Å². The second-order valence-corrected chi connectivity index (χ2v) is 6.57. The predicted octanol–water partition coefficient (Wildman–Crippen LogP) is 4.08. The van der Waals surface area contributed by atoms with Crippen LogP contribution in [0.15, 0.2) is 28.7 Å². The first-order chi connectivity index (χ1) is 8.61. The molecule has 2 rings (SSSR count). The third kappa shape index (κ3) is 2.99. The summed E-state index contributed by atoms with van der Waals surface area (Å²) in [7, 11) is 0. The number of nitrogens with two attached hydrogens (primary N) is 1. The molecule has 0 aliphatic rings. The molecule has 18 heavy (non-hydrogen) atoms. The van der Waals surface area contributed by atoms with Crippen molar-refractivity contribution < 1.29 is 0 Å². The van der Waals surface area contributed by atoms with E-state index < -0.39 is 0 Å². The second-order valence-electron chi connectivity index (χ2n) is 4.54. The molecule has 0 radical (unpaired) electrons. The lowest BCUT2D eigenvalue weighted by atomic mass is 10.1. The van der Waals surface area contributed by atoms with Crippen molar-refractivity contribution in [3.05, 3.63) is 49.9 Å².